The summed E-state index contributed by atoms with van der Waals surface area (Å²) in [5.41, 5.74) is 1.42. The van der Waals surface area contributed by atoms with Crippen molar-refractivity contribution in [2.24, 2.45) is 0 Å². The van der Waals surface area contributed by atoms with E-state index in [0.717, 1.165) is 25.6 Å². The second-order valence-electron chi connectivity index (χ2n) is 4.70. The van der Waals surface area contributed by atoms with Gasteiger partial charge in [-0.25, -0.2) is 0 Å². The van der Waals surface area contributed by atoms with Gasteiger partial charge in [0.2, 0.25) is 0 Å². The van der Waals surface area contributed by atoms with E-state index in [1.54, 1.807) is 0 Å². The normalized spacial score (nSPS) is 15.6. The Morgan fingerprint density at radius 2 is 1.94 bits per heavy atom. The van der Waals surface area contributed by atoms with Crippen molar-refractivity contribution in [3.8, 4) is 0 Å². The van der Waals surface area contributed by atoms with Crippen LogP contribution in [0.15, 0.2) is 30.3 Å². The van der Waals surface area contributed by atoms with Crippen molar-refractivity contribution in [3.63, 3.8) is 0 Å². The quantitative estimate of drug-likeness (QED) is 0.703. The molecule has 1 saturated carbocycles. The largest absolute Gasteiger partial charge is 0.315 e. The van der Waals surface area contributed by atoms with Gasteiger partial charge in [-0.2, -0.15) is 0 Å². The summed E-state index contributed by atoms with van der Waals surface area (Å²) in [4.78, 5) is 2.47. The average Bonchev–Trinajstić information content (AvgIpc) is 3.13. The molecule has 0 heterocycles. The number of benzene rings is 1. The van der Waals surface area contributed by atoms with Gasteiger partial charge in [-0.15, -0.1) is 0 Å². The molecule has 0 bridgehead atoms. The minimum atomic E-state index is 0.885. The Bertz CT molecular complexity index is 293. The van der Waals surface area contributed by atoms with Crippen LogP contribution < -0.4 is 5.32 Å². The molecular formula is C14H22N2. The predicted molar refractivity (Wildman–Crippen MR) is 68.7 cm³/mol. The number of hydrogen-bond donors (Lipinski definition) is 1. The summed E-state index contributed by atoms with van der Waals surface area (Å²) in [5.74, 6) is 0. The lowest BCUT2D eigenvalue weighted by Gasteiger charge is -2.15. The molecule has 88 valence electrons. The van der Waals surface area contributed by atoms with Crippen LogP contribution in [-0.4, -0.2) is 37.6 Å². The molecule has 1 aliphatic rings. The molecule has 1 fully saturated rings. The van der Waals surface area contributed by atoms with Gasteiger partial charge in [-0.05, 0) is 38.4 Å². The zero-order valence-corrected chi connectivity index (χ0v) is 10.2. The fourth-order valence-corrected chi connectivity index (χ4v) is 1.96. The van der Waals surface area contributed by atoms with Gasteiger partial charge in [0.25, 0.3) is 0 Å². The van der Waals surface area contributed by atoms with Crippen LogP contribution in [0.4, 0.5) is 0 Å². The molecule has 2 rings (SSSR count). The molecule has 1 N–H and O–H groups in total. The van der Waals surface area contributed by atoms with Gasteiger partial charge >= 0.3 is 0 Å². The molecule has 1 aromatic rings. The summed E-state index contributed by atoms with van der Waals surface area (Å²) in [6, 6.07) is 11.6. The van der Waals surface area contributed by atoms with Crippen LogP contribution in [0, 0.1) is 0 Å². The number of likely N-dealkylation sites (N-methyl/N-ethyl adjacent to an activating group) is 1. The lowest BCUT2D eigenvalue weighted by atomic mass is 10.1. The third kappa shape index (κ3) is 3.95. The van der Waals surface area contributed by atoms with Crippen molar-refractivity contribution in [1.29, 1.82) is 0 Å². The van der Waals surface area contributed by atoms with Crippen LogP contribution in [0.2, 0.25) is 0 Å². The minimum Gasteiger partial charge on any atom is -0.315 e. The number of nitrogens with one attached hydrogen (secondary N) is 1. The van der Waals surface area contributed by atoms with Crippen molar-refractivity contribution >= 4 is 0 Å². The molecule has 0 spiro atoms. The molecule has 0 saturated heterocycles. The minimum absolute atomic E-state index is 0.885. The number of nitrogens with zero attached hydrogens (tertiary/aromatic N) is 1. The first kappa shape index (κ1) is 11.6. The van der Waals surface area contributed by atoms with Gasteiger partial charge < -0.3 is 10.2 Å². The molecular weight excluding hydrogens is 196 g/mol. The Hall–Kier alpha value is -0.860. The van der Waals surface area contributed by atoms with Gasteiger partial charge in [0.15, 0.2) is 0 Å². The number of hydrogen-bond acceptors (Lipinski definition) is 2. The Kier molecular flexibility index (Phi) is 4.37. The van der Waals surface area contributed by atoms with Crippen molar-refractivity contribution in [2.75, 3.05) is 26.7 Å². The van der Waals surface area contributed by atoms with Gasteiger partial charge in [-0.1, -0.05) is 30.3 Å². The molecule has 0 aliphatic heterocycles. The van der Waals surface area contributed by atoms with Gasteiger partial charge in [0, 0.05) is 19.1 Å². The second kappa shape index (κ2) is 6.02. The van der Waals surface area contributed by atoms with E-state index in [0.29, 0.717) is 0 Å². The molecule has 2 heteroatoms. The Morgan fingerprint density at radius 3 is 2.62 bits per heavy atom. The predicted octanol–water partition coefficient (Wildman–Crippen LogP) is 1.91. The van der Waals surface area contributed by atoms with Crippen LogP contribution >= 0.6 is 0 Å². The lowest BCUT2D eigenvalue weighted by molar-refractivity contribution is 0.322. The number of rotatable bonds is 7. The van der Waals surface area contributed by atoms with Crippen molar-refractivity contribution in [2.45, 2.75) is 25.3 Å². The molecule has 0 aromatic heterocycles. The summed E-state index contributed by atoms with van der Waals surface area (Å²) in [7, 11) is 2.23. The highest BCUT2D eigenvalue weighted by molar-refractivity contribution is 5.14. The van der Waals surface area contributed by atoms with E-state index in [-0.39, 0.29) is 0 Å². The summed E-state index contributed by atoms with van der Waals surface area (Å²) < 4.78 is 0. The fraction of sp³-hybridized carbons (Fsp3) is 0.571. The SMILES string of the molecule is CN(CCNCCc1ccccc1)C1CC1. The average molecular weight is 218 g/mol. The molecule has 0 radical (unpaired) electrons. The molecule has 2 nitrogen and oxygen atoms in total. The maximum Gasteiger partial charge on any atom is 0.0107 e. The first-order valence-electron chi connectivity index (χ1n) is 6.31. The first-order valence-corrected chi connectivity index (χ1v) is 6.31. The van der Waals surface area contributed by atoms with E-state index in [2.05, 4.69) is 47.6 Å². The topological polar surface area (TPSA) is 15.3 Å². The molecule has 0 atom stereocenters. The van der Waals surface area contributed by atoms with E-state index in [9.17, 15) is 0 Å². The van der Waals surface area contributed by atoms with Gasteiger partial charge in [0.05, 0.1) is 0 Å². The summed E-state index contributed by atoms with van der Waals surface area (Å²) >= 11 is 0. The van der Waals surface area contributed by atoms with Crippen molar-refractivity contribution in [3.05, 3.63) is 35.9 Å². The highest BCUT2D eigenvalue weighted by Gasteiger charge is 2.25. The van der Waals surface area contributed by atoms with E-state index in [1.807, 2.05) is 0 Å². The van der Waals surface area contributed by atoms with E-state index in [4.69, 9.17) is 0 Å². The van der Waals surface area contributed by atoms with Crippen molar-refractivity contribution < 1.29 is 0 Å². The standard InChI is InChI=1S/C14H22N2/c1-16(14-7-8-14)12-11-15-10-9-13-5-3-2-4-6-13/h2-6,14-15H,7-12H2,1H3. The summed E-state index contributed by atoms with van der Waals surface area (Å²) in [6.07, 6.45) is 3.94. The van der Waals surface area contributed by atoms with E-state index < -0.39 is 0 Å². The summed E-state index contributed by atoms with van der Waals surface area (Å²) in [5, 5.41) is 3.51. The van der Waals surface area contributed by atoms with Crippen molar-refractivity contribution in [1.82, 2.24) is 10.2 Å². The van der Waals surface area contributed by atoms with Gasteiger partial charge in [-0.3, -0.25) is 0 Å². The maximum atomic E-state index is 3.51. The maximum absolute atomic E-state index is 3.51. The van der Waals surface area contributed by atoms with E-state index in [1.165, 1.54) is 24.9 Å². The molecule has 0 unspecified atom stereocenters. The fourth-order valence-electron chi connectivity index (χ4n) is 1.96. The van der Waals surface area contributed by atoms with E-state index >= 15 is 0 Å². The molecule has 1 aromatic carbocycles. The zero-order chi connectivity index (χ0) is 11.2. The smallest absolute Gasteiger partial charge is 0.0107 e. The van der Waals surface area contributed by atoms with Crippen LogP contribution in [0.5, 0.6) is 0 Å². The lowest BCUT2D eigenvalue weighted by Crippen LogP contribution is -2.31. The van der Waals surface area contributed by atoms with Crippen LogP contribution in [0.1, 0.15) is 18.4 Å². The van der Waals surface area contributed by atoms with Crippen LogP contribution in [0.3, 0.4) is 0 Å². The van der Waals surface area contributed by atoms with Crippen LogP contribution in [0.25, 0.3) is 0 Å². The molecule has 0 amide bonds. The second-order valence-corrected chi connectivity index (χ2v) is 4.70. The molecule has 1 aliphatic carbocycles. The van der Waals surface area contributed by atoms with Gasteiger partial charge in [0.1, 0.15) is 0 Å². The third-order valence-electron chi connectivity index (χ3n) is 3.24. The summed E-state index contributed by atoms with van der Waals surface area (Å²) in [6.45, 7) is 3.38. The first-order chi connectivity index (χ1) is 7.86. The highest BCUT2D eigenvalue weighted by atomic mass is 15.2. The third-order valence-corrected chi connectivity index (χ3v) is 3.24. The molecule has 16 heavy (non-hydrogen) atoms. The zero-order valence-electron chi connectivity index (χ0n) is 10.2. The Morgan fingerprint density at radius 1 is 1.19 bits per heavy atom. The monoisotopic (exact) mass is 218 g/mol. The van der Waals surface area contributed by atoms with Crippen LogP contribution in [-0.2, 0) is 6.42 Å². The highest BCUT2D eigenvalue weighted by Crippen LogP contribution is 2.24. The Balaban J connectivity index is 1.52. The Labute approximate surface area is 98.7 Å².